The Morgan fingerprint density at radius 2 is 2.10 bits per heavy atom. The molecule has 29 heavy (non-hydrogen) atoms. The molecule has 3 aromatic rings. The van der Waals surface area contributed by atoms with Crippen LogP contribution in [0.2, 0.25) is 0 Å². The number of likely N-dealkylation sites (tertiary alicyclic amines) is 1. The van der Waals surface area contributed by atoms with Crippen molar-refractivity contribution in [3.8, 4) is 17.2 Å². The summed E-state index contributed by atoms with van der Waals surface area (Å²) in [6, 6.07) is 15.3. The molecule has 3 heterocycles. The monoisotopic (exact) mass is 390 g/mol. The molecular weight excluding hydrogens is 368 g/mol. The standard InChI is InChI=1S/C22H22N4O3/c27-22(24-17-6-2-7-18(13-17)26-12-4-10-23-26)19-8-3-11-25(19)14-16-5-1-9-20-21(16)29-15-28-20/h1-2,4-7,9-10,12-13,19H,3,8,11,14-15H2,(H,24,27)/t19-/m1/s1. The minimum atomic E-state index is -0.165. The van der Waals surface area contributed by atoms with Crippen LogP contribution < -0.4 is 14.8 Å². The van der Waals surface area contributed by atoms with Gasteiger partial charge in [-0.05, 0) is 49.7 Å². The number of carbonyl (C=O) groups is 1. The second-order valence-corrected chi connectivity index (χ2v) is 7.27. The third kappa shape index (κ3) is 3.56. The second-order valence-electron chi connectivity index (χ2n) is 7.27. The van der Waals surface area contributed by atoms with Gasteiger partial charge in [-0.3, -0.25) is 9.69 Å². The maximum Gasteiger partial charge on any atom is 0.241 e. The summed E-state index contributed by atoms with van der Waals surface area (Å²) >= 11 is 0. The Hall–Kier alpha value is -3.32. The van der Waals surface area contributed by atoms with E-state index in [4.69, 9.17) is 9.47 Å². The molecule has 1 aromatic heterocycles. The van der Waals surface area contributed by atoms with Gasteiger partial charge in [0, 0.05) is 30.2 Å². The van der Waals surface area contributed by atoms with Crippen molar-refractivity contribution in [1.29, 1.82) is 0 Å². The number of fused-ring (bicyclic) bond motifs is 1. The van der Waals surface area contributed by atoms with Gasteiger partial charge in [-0.1, -0.05) is 18.2 Å². The fourth-order valence-electron chi connectivity index (χ4n) is 4.02. The lowest BCUT2D eigenvalue weighted by atomic mass is 10.1. The zero-order chi connectivity index (χ0) is 19.6. The van der Waals surface area contributed by atoms with Crippen LogP contribution in [0.5, 0.6) is 11.5 Å². The number of carbonyl (C=O) groups excluding carboxylic acids is 1. The summed E-state index contributed by atoms with van der Waals surface area (Å²) in [7, 11) is 0. The highest BCUT2D eigenvalue weighted by atomic mass is 16.7. The number of hydrogen-bond donors (Lipinski definition) is 1. The van der Waals surface area contributed by atoms with Gasteiger partial charge < -0.3 is 14.8 Å². The Morgan fingerprint density at radius 1 is 1.17 bits per heavy atom. The summed E-state index contributed by atoms with van der Waals surface area (Å²) in [5.74, 6) is 1.59. The average Bonchev–Trinajstić information content (AvgIpc) is 3.49. The number of benzene rings is 2. The Morgan fingerprint density at radius 3 is 3.00 bits per heavy atom. The number of para-hydroxylation sites is 1. The highest BCUT2D eigenvalue weighted by Crippen LogP contribution is 2.37. The molecule has 1 saturated heterocycles. The molecule has 0 spiro atoms. The molecule has 0 saturated carbocycles. The smallest absolute Gasteiger partial charge is 0.241 e. The molecule has 5 rings (SSSR count). The Balaban J connectivity index is 1.30. The summed E-state index contributed by atoms with van der Waals surface area (Å²) in [6.07, 6.45) is 5.45. The molecule has 0 bridgehead atoms. The lowest BCUT2D eigenvalue weighted by molar-refractivity contribution is -0.120. The molecule has 2 aromatic carbocycles. The highest BCUT2D eigenvalue weighted by Gasteiger charge is 2.32. The van der Waals surface area contributed by atoms with Crippen molar-refractivity contribution in [3.63, 3.8) is 0 Å². The largest absolute Gasteiger partial charge is 0.454 e. The average molecular weight is 390 g/mol. The summed E-state index contributed by atoms with van der Waals surface area (Å²) < 4.78 is 12.9. The predicted molar refractivity (Wildman–Crippen MR) is 108 cm³/mol. The molecule has 7 heteroatoms. The lowest BCUT2D eigenvalue weighted by Gasteiger charge is -2.24. The van der Waals surface area contributed by atoms with Crippen LogP contribution in [0.15, 0.2) is 60.9 Å². The van der Waals surface area contributed by atoms with Crippen LogP contribution in [0.4, 0.5) is 5.69 Å². The van der Waals surface area contributed by atoms with E-state index in [2.05, 4.69) is 15.3 Å². The van der Waals surface area contributed by atoms with E-state index >= 15 is 0 Å². The molecule has 2 aliphatic heterocycles. The van der Waals surface area contributed by atoms with Gasteiger partial charge in [0.1, 0.15) is 0 Å². The summed E-state index contributed by atoms with van der Waals surface area (Å²) in [5, 5.41) is 7.32. The molecular formula is C22H22N4O3. The number of ether oxygens (including phenoxy) is 2. The van der Waals surface area contributed by atoms with Gasteiger partial charge in [-0.2, -0.15) is 5.10 Å². The molecule has 0 radical (unpaired) electrons. The van der Waals surface area contributed by atoms with Crippen molar-refractivity contribution in [2.24, 2.45) is 0 Å². The first-order valence-corrected chi connectivity index (χ1v) is 9.80. The van der Waals surface area contributed by atoms with Gasteiger partial charge >= 0.3 is 0 Å². The Kier molecular flexibility index (Phi) is 4.65. The van der Waals surface area contributed by atoms with Crippen molar-refractivity contribution in [2.45, 2.75) is 25.4 Å². The van der Waals surface area contributed by atoms with Crippen LogP contribution in [0.25, 0.3) is 5.69 Å². The van der Waals surface area contributed by atoms with Crippen LogP contribution in [-0.2, 0) is 11.3 Å². The molecule has 2 aliphatic rings. The van der Waals surface area contributed by atoms with Crippen LogP contribution in [0.3, 0.4) is 0 Å². The fourth-order valence-corrected chi connectivity index (χ4v) is 4.02. The van der Waals surface area contributed by atoms with Crippen LogP contribution >= 0.6 is 0 Å². The normalized spacial score (nSPS) is 18.1. The number of rotatable bonds is 5. The molecule has 1 atom stereocenters. The minimum absolute atomic E-state index is 0.0184. The van der Waals surface area contributed by atoms with Gasteiger partial charge in [0.2, 0.25) is 12.7 Å². The highest BCUT2D eigenvalue weighted by molar-refractivity contribution is 5.95. The number of nitrogens with zero attached hydrogens (tertiary/aromatic N) is 3. The number of anilines is 1. The number of nitrogens with one attached hydrogen (secondary N) is 1. The minimum Gasteiger partial charge on any atom is -0.454 e. The third-order valence-corrected chi connectivity index (χ3v) is 5.40. The van der Waals surface area contributed by atoms with Crippen molar-refractivity contribution in [3.05, 3.63) is 66.5 Å². The topological polar surface area (TPSA) is 68.6 Å². The molecule has 0 unspecified atom stereocenters. The molecule has 148 valence electrons. The van der Waals surface area contributed by atoms with E-state index in [1.54, 1.807) is 10.9 Å². The van der Waals surface area contributed by atoms with Gasteiger partial charge in [0.15, 0.2) is 11.5 Å². The summed E-state index contributed by atoms with van der Waals surface area (Å²) in [4.78, 5) is 15.2. The van der Waals surface area contributed by atoms with E-state index in [0.29, 0.717) is 6.54 Å². The van der Waals surface area contributed by atoms with E-state index in [1.807, 2.05) is 54.7 Å². The SMILES string of the molecule is O=C(Nc1cccc(-n2cccn2)c1)[C@H]1CCCN1Cc1cccc2c1OCO2. The van der Waals surface area contributed by atoms with Crippen LogP contribution in [0.1, 0.15) is 18.4 Å². The van der Waals surface area contributed by atoms with Crippen molar-refractivity contribution in [1.82, 2.24) is 14.7 Å². The molecule has 0 aliphatic carbocycles. The summed E-state index contributed by atoms with van der Waals surface area (Å²) in [6.45, 7) is 1.80. The second kappa shape index (κ2) is 7.60. The maximum atomic E-state index is 13.0. The zero-order valence-electron chi connectivity index (χ0n) is 16.0. The molecule has 1 fully saturated rings. The quantitative estimate of drug-likeness (QED) is 0.725. The van der Waals surface area contributed by atoms with Gasteiger partial charge in [0.25, 0.3) is 0 Å². The number of amides is 1. The number of hydrogen-bond acceptors (Lipinski definition) is 5. The van der Waals surface area contributed by atoms with Crippen LogP contribution in [-0.4, -0.2) is 40.0 Å². The van der Waals surface area contributed by atoms with Gasteiger partial charge in [0.05, 0.1) is 11.7 Å². The molecule has 1 N–H and O–H groups in total. The number of aromatic nitrogens is 2. The van der Waals surface area contributed by atoms with Crippen molar-refractivity contribution < 1.29 is 14.3 Å². The van der Waals surface area contributed by atoms with Crippen molar-refractivity contribution in [2.75, 3.05) is 18.7 Å². The first-order valence-electron chi connectivity index (χ1n) is 9.80. The maximum absolute atomic E-state index is 13.0. The molecule has 1 amide bonds. The van der Waals surface area contributed by atoms with E-state index in [1.165, 1.54) is 0 Å². The lowest BCUT2D eigenvalue weighted by Crippen LogP contribution is -2.39. The Labute approximate surface area is 168 Å². The fraction of sp³-hybridized carbons (Fsp3) is 0.273. The predicted octanol–water partition coefficient (Wildman–Crippen LogP) is 3.20. The van der Waals surface area contributed by atoms with Crippen LogP contribution in [0, 0.1) is 0 Å². The van der Waals surface area contributed by atoms with E-state index in [9.17, 15) is 4.79 Å². The van der Waals surface area contributed by atoms with Gasteiger partial charge in [-0.25, -0.2) is 4.68 Å². The van der Waals surface area contributed by atoms with E-state index in [0.717, 1.165) is 47.8 Å². The van der Waals surface area contributed by atoms with E-state index in [-0.39, 0.29) is 18.7 Å². The van der Waals surface area contributed by atoms with E-state index < -0.39 is 0 Å². The molecule has 7 nitrogen and oxygen atoms in total. The summed E-state index contributed by atoms with van der Waals surface area (Å²) in [5.41, 5.74) is 2.74. The third-order valence-electron chi connectivity index (χ3n) is 5.40. The van der Waals surface area contributed by atoms with Crippen molar-refractivity contribution >= 4 is 11.6 Å². The Bertz CT molecular complexity index is 1020. The van der Waals surface area contributed by atoms with Gasteiger partial charge in [-0.15, -0.1) is 0 Å². The first-order chi connectivity index (χ1) is 14.3. The zero-order valence-corrected chi connectivity index (χ0v) is 16.0. The first kappa shape index (κ1) is 17.8.